The van der Waals surface area contributed by atoms with Crippen LogP contribution in [-0.4, -0.2) is 13.6 Å². The molecule has 1 aliphatic heterocycles. The predicted molar refractivity (Wildman–Crippen MR) is 62.3 cm³/mol. The first kappa shape index (κ1) is 12.3. The topological polar surface area (TPSA) is 0 Å². The molecule has 0 N–H and O–H groups in total. The van der Waals surface area contributed by atoms with Crippen LogP contribution in [0.15, 0.2) is 37.0 Å². The molecule has 1 aromatic carbocycles. The van der Waals surface area contributed by atoms with Gasteiger partial charge in [0, 0.05) is 11.0 Å². The molecule has 0 bridgehead atoms. The van der Waals surface area contributed by atoms with E-state index in [9.17, 15) is 0 Å². The molecule has 2 rings (SSSR count). The lowest BCUT2D eigenvalue weighted by molar-refractivity contribution is -0.00000335. The van der Waals surface area contributed by atoms with E-state index in [0.717, 1.165) is 11.0 Å². The Morgan fingerprint density at radius 1 is 1.33 bits per heavy atom. The van der Waals surface area contributed by atoms with Crippen molar-refractivity contribution in [3.05, 3.63) is 42.6 Å². The molecule has 0 amide bonds. The Morgan fingerprint density at radius 2 is 1.93 bits per heavy atom. The number of halogens is 1. The van der Waals surface area contributed by atoms with E-state index in [2.05, 4.69) is 51.7 Å². The molecular weight excluding hydrogens is 206 g/mol. The summed E-state index contributed by atoms with van der Waals surface area (Å²) in [5, 5.41) is 0. The van der Waals surface area contributed by atoms with E-state index in [1.165, 1.54) is 11.3 Å². The fourth-order valence-electron chi connectivity index (χ4n) is 2.65. The van der Waals surface area contributed by atoms with E-state index in [0.29, 0.717) is 0 Å². The van der Waals surface area contributed by atoms with Gasteiger partial charge in [-0.1, -0.05) is 32.0 Å². The first-order valence-corrected chi connectivity index (χ1v) is 5.08. The van der Waals surface area contributed by atoms with Crippen molar-refractivity contribution in [3.63, 3.8) is 0 Å². The molecule has 0 radical (unpaired) electrons. The maximum atomic E-state index is 3.95. The zero-order chi connectivity index (χ0) is 10.4. The summed E-state index contributed by atoms with van der Waals surface area (Å²) in [7, 11) is 2.22. The minimum absolute atomic E-state index is 0. The monoisotopic (exact) mass is 223 g/mol. The van der Waals surface area contributed by atoms with E-state index in [1.54, 1.807) is 0 Å². The van der Waals surface area contributed by atoms with Crippen LogP contribution in [0, 0.1) is 0 Å². The van der Waals surface area contributed by atoms with Gasteiger partial charge < -0.3 is 12.4 Å². The van der Waals surface area contributed by atoms with Crippen molar-refractivity contribution in [2.24, 2.45) is 0 Å². The van der Waals surface area contributed by atoms with E-state index < -0.39 is 0 Å². The third kappa shape index (κ3) is 1.70. The maximum Gasteiger partial charge on any atom is 0.141 e. The van der Waals surface area contributed by atoms with Crippen molar-refractivity contribution in [1.29, 1.82) is 0 Å². The lowest BCUT2D eigenvalue weighted by Crippen LogP contribution is -3.00. The summed E-state index contributed by atoms with van der Waals surface area (Å²) in [4.78, 5) is 0. The fraction of sp³-hybridized carbons (Fsp3) is 0.385. The Morgan fingerprint density at radius 3 is 2.53 bits per heavy atom. The molecule has 0 aliphatic carbocycles. The summed E-state index contributed by atoms with van der Waals surface area (Å²) in [6.45, 7) is 9.67. The molecule has 1 atom stereocenters. The van der Waals surface area contributed by atoms with E-state index in [-0.39, 0.29) is 17.8 Å². The van der Waals surface area contributed by atoms with Gasteiger partial charge in [0.25, 0.3) is 0 Å². The molecule has 0 saturated carbocycles. The minimum Gasteiger partial charge on any atom is -1.00 e. The summed E-state index contributed by atoms with van der Waals surface area (Å²) in [5.74, 6) is 0. The van der Waals surface area contributed by atoms with Gasteiger partial charge in [0.15, 0.2) is 0 Å². The highest BCUT2D eigenvalue weighted by molar-refractivity contribution is 5.59. The highest BCUT2D eigenvalue weighted by Gasteiger charge is 2.44. The molecule has 0 fully saturated rings. The molecule has 2 heteroatoms. The van der Waals surface area contributed by atoms with Crippen LogP contribution in [0.5, 0.6) is 0 Å². The number of fused-ring (bicyclic) bond motifs is 1. The largest absolute Gasteiger partial charge is 1.00 e. The quantitative estimate of drug-likeness (QED) is 0.591. The number of likely N-dealkylation sites (N-methyl/N-ethyl adjacent to an activating group) is 1. The molecule has 1 heterocycles. The van der Waals surface area contributed by atoms with Gasteiger partial charge in [0.1, 0.15) is 5.69 Å². The third-order valence-electron chi connectivity index (χ3n) is 3.31. The van der Waals surface area contributed by atoms with Crippen molar-refractivity contribution in [1.82, 2.24) is 4.48 Å². The number of para-hydroxylation sites is 1. The first-order chi connectivity index (χ1) is 6.49. The second kappa shape index (κ2) is 3.66. The van der Waals surface area contributed by atoms with Gasteiger partial charge in [-0.3, -0.25) is 4.48 Å². The van der Waals surface area contributed by atoms with Crippen LogP contribution in [0.1, 0.15) is 19.4 Å². The second-order valence-electron chi connectivity index (χ2n) is 5.01. The maximum absolute atomic E-state index is 3.95. The Bertz CT molecular complexity index is 384. The molecule has 0 spiro atoms. The van der Waals surface area contributed by atoms with Crippen LogP contribution in [0.2, 0.25) is 0 Å². The van der Waals surface area contributed by atoms with Crippen LogP contribution in [0.4, 0.5) is 5.69 Å². The molecule has 0 aromatic heterocycles. The zero-order valence-corrected chi connectivity index (χ0v) is 10.4. The minimum atomic E-state index is 0. The van der Waals surface area contributed by atoms with Crippen LogP contribution in [0.25, 0.3) is 0 Å². The number of hydrogen-bond acceptors (Lipinski definition) is 0. The molecule has 1 aromatic rings. The average molecular weight is 224 g/mol. The zero-order valence-electron chi connectivity index (χ0n) is 9.63. The fourth-order valence-corrected chi connectivity index (χ4v) is 2.65. The summed E-state index contributed by atoms with van der Waals surface area (Å²) in [5.41, 5.74) is 3.12. The van der Waals surface area contributed by atoms with Gasteiger partial charge in [0.05, 0.1) is 19.8 Å². The normalized spacial score (nSPS) is 26.6. The summed E-state index contributed by atoms with van der Waals surface area (Å²) in [6.07, 6.45) is 2.04. The highest BCUT2D eigenvalue weighted by atomic mass is 35.5. The summed E-state index contributed by atoms with van der Waals surface area (Å²) < 4.78 is 0.850. The number of hydrogen-bond donors (Lipinski definition) is 0. The van der Waals surface area contributed by atoms with Gasteiger partial charge >= 0.3 is 0 Å². The molecule has 15 heavy (non-hydrogen) atoms. The van der Waals surface area contributed by atoms with Crippen LogP contribution in [0.3, 0.4) is 0 Å². The average Bonchev–Trinajstić information content (AvgIpc) is 2.37. The van der Waals surface area contributed by atoms with E-state index in [1.807, 2.05) is 6.20 Å². The third-order valence-corrected chi connectivity index (χ3v) is 3.31. The van der Waals surface area contributed by atoms with Gasteiger partial charge in [-0.25, -0.2) is 0 Å². The van der Waals surface area contributed by atoms with Crippen molar-refractivity contribution in [2.75, 3.05) is 13.6 Å². The van der Waals surface area contributed by atoms with Crippen molar-refractivity contribution in [2.45, 2.75) is 19.3 Å². The standard InChI is InChI=1S/C13H18N.ClH/c1-5-14(4)10-13(2,3)11-8-6-7-9-12(11)14;/h5-9H,1,10H2,2-4H3;1H/q+1;/p-1. The van der Waals surface area contributed by atoms with Gasteiger partial charge in [-0.15, -0.1) is 0 Å². The highest BCUT2D eigenvalue weighted by Crippen LogP contribution is 2.43. The number of quaternary nitrogens is 1. The lowest BCUT2D eigenvalue weighted by Gasteiger charge is -2.26. The van der Waals surface area contributed by atoms with E-state index >= 15 is 0 Å². The molecule has 82 valence electrons. The van der Waals surface area contributed by atoms with Gasteiger partial charge in [0.2, 0.25) is 0 Å². The summed E-state index contributed by atoms with van der Waals surface area (Å²) >= 11 is 0. The van der Waals surface area contributed by atoms with Crippen LogP contribution >= 0.6 is 0 Å². The second-order valence-corrected chi connectivity index (χ2v) is 5.01. The smallest absolute Gasteiger partial charge is 0.141 e. The Labute approximate surface area is 98.4 Å². The first-order valence-electron chi connectivity index (χ1n) is 5.08. The van der Waals surface area contributed by atoms with Crippen molar-refractivity contribution < 1.29 is 12.4 Å². The lowest BCUT2D eigenvalue weighted by atomic mass is 9.87. The van der Waals surface area contributed by atoms with Crippen molar-refractivity contribution in [3.8, 4) is 0 Å². The Hall–Kier alpha value is -0.790. The number of rotatable bonds is 1. The summed E-state index contributed by atoms with van der Waals surface area (Å²) in [6, 6.07) is 8.69. The molecular formula is C13H18ClN. The molecule has 1 aliphatic rings. The number of nitrogens with zero attached hydrogens (tertiary/aromatic N) is 1. The Balaban J connectivity index is 0.00000112. The van der Waals surface area contributed by atoms with Crippen LogP contribution < -0.4 is 16.9 Å². The van der Waals surface area contributed by atoms with Crippen LogP contribution in [-0.2, 0) is 5.41 Å². The van der Waals surface area contributed by atoms with Crippen molar-refractivity contribution >= 4 is 5.69 Å². The molecule has 1 nitrogen and oxygen atoms in total. The SMILES string of the molecule is C=C[N+]1(C)CC(C)(C)c2ccccc21.[Cl-]. The predicted octanol–water partition coefficient (Wildman–Crippen LogP) is 0.0624. The van der Waals surface area contributed by atoms with Gasteiger partial charge in [-0.2, -0.15) is 0 Å². The van der Waals surface area contributed by atoms with E-state index in [4.69, 9.17) is 0 Å². The Kier molecular flexibility index (Phi) is 2.99. The number of benzene rings is 1. The molecule has 1 unspecified atom stereocenters. The molecule has 0 saturated heterocycles. The van der Waals surface area contributed by atoms with Gasteiger partial charge in [-0.05, 0) is 12.6 Å².